The molecule has 8 heteroatoms. The van der Waals surface area contributed by atoms with Gasteiger partial charge in [0.2, 0.25) is 0 Å². The Labute approximate surface area is 171 Å². The third kappa shape index (κ3) is 4.20. The number of esters is 1. The summed E-state index contributed by atoms with van der Waals surface area (Å²) in [4.78, 5) is 29.2. The molecule has 0 aliphatic heterocycles. The highest BCUT2D eigenvalue weighted by atomic mass is 32.1. The summed E-state index contributed by atoms with van der Waals surface area (Å²) in [7, 11) is 0. The van der Waals surface area contributed by atoms with E-state index in [1.807, 2.05) is 43.3 Å². The van der Waals surface area contributed by atoms with Gasteiger partial charge in [-0.3, -0.25) is 14.3 Å². The lowest BCUT2D eigenvalue weighted by atomic mass is 10.2. The molecule has 2 aromatic heterocycles. The van der Waals surface area contributed by atoms with Crippen molar-refractivity contribution in [1.82, 2.24) is 9.55 Å². The zero-order chi connectivity index (χ0) is 21.0. The molecule has 3 rings (SSSR count). The number of aryl methyl sites for hydroxylation is 1. The Kier molecular flexibility index (Phi) is 6.10. The van der Waals surface area contributed by atoms with Crippen LogP contribution in [0.2, 0.25) is 0 Å². The van der Waals surface area contributed by atoms with Gasteiger partial charge in [0.05, 0.1) is 12.1 Å². The number of ether oxygens (including phenoxy) is 1. The molecule has 148 valence electrons. The van der Waals surface area contributed by atoms with E-state index < -0.39 is 5.97 Å². The third-order valence-corrected chi connectivity index (χ3v) is 5.36. The number of thiazole rings is 1. The molecule has 29 heavy (non-hydrogen) atoms. The molecule has 1 aromatic carbocycles. The molecule has 0 bridgehead atoms. The summed E-state index contributed by atoms with van der Waals surface area (Å²) in [5.74, 6) is -0.727. The highest BCUT2D eigenvalue weighted by Gasteiger charge is 2.16. The minimum absolute atomic E-state index is 0.155. The van der Waals surface area contributed by atoms with E-state index in [4.69, 9.17) is 4.74 Å². The van der Waals surface area contributed by atoms with Crippen LogP contribution >= 0.6 is 11.3 Å². The Balaban J connectivity index is 2.06. The fraction of sp³-hybridized carbons (Fsp3) is 0.238. The maximum absolute atomic E-state index is 12.7. The second-order valence-corrected chi connectivity index (χ2v) is 7.21. The van der Waals surface area contributed by atoms with E-state index in [0.29, 0.717) is 15.7 Å². The van der Waals surface area contributed by atoms with Crippen molar-refractivity contribution in [3.8, 4) is 6.07 Å². The Morgan fingerprint density at radius 3 is 2.83 bits per heavy atom. The van der Waals surface area contributed by atoms with Gasteiger partial charge in [-0.2, -0.15) is 5.26 Å². The predicted octanol–water partition coefficient (Wildman–Crippen LogP) is 1.87. The van der Waals surface area contributed by atoms with Gasteiger partial charge in [0.15, 0.2) is 5.57 Å². The molecule has 0 unspecified atom stereocenters. The molecule has 0 saturated carbocycles. The zero-order valence-electron chi connectivity index (χ0n) is 16.4. The van der Waals surface area contributed by atoms with Crippen LogP contribution in [-0.2, 0) is 16.1 Å². The van der Waals surface area contributed by atoms with Crippen LogP contribution in [0.15, 0.2) is 35.1 Å². The van der Waals surface area contributed by atoms with E-state index in [2.05, 4.69) is 10.3 Å². The van der Waals surface area contributed by atoms with Gasteiger partial charge in [0.1, 0.15) is 15.3 Å². The maximum atomic E-state index is 12.7. The Morgan fingerprint density at radius 1 is 1.34 bits per heavy atom. The first kappa shape index (κ1) is 20.3. The van der Waals surface area contributed by atoms with Crippen LogP contribution in [0.5, 0.6) is 0 Å². The first-order valence-corrected chi connectivity index (χ1v) is 9.95. The summed E-state index contributed by atoms with van der Waals surface area (Å²) in [5, 5.41) is 13.5. The third-order valence-electron chi connectivity index (χ3n) is 4.23. The van der Waals surface area contributed by atoms with Crippen molar-refractivity contribution in [2.75, 3.05) is 11.9 Å². The van der Waals surface area contributed by atoms with Gasteiger partial charge in [0, 0.05) is 29.5 Å². The molecule has 1 N–H and O–H groups in total. The fourth-order valence-electron chi connectivity index (χ4n) is 2.84. The fourth-order valence-corrected chi connectivity index (χ4v) is 3.92. The smallest absolute Gasteiger partial charge is 0.351 e. The number of hydrogen-bond donors (Lipinski definition) is 1. The number of pyridine rings is 1. The molecular formula is C21H20N4O3S. The number of anilines is 1. The number of fused-ring (bicyclic) bond motifs is 1. The second kappa shape index (κ2) is 8.71. The number of nitrogens with one attached hydrogen (secondary N) is 1. The molecule has 0 fully saturated rings. The molecule has 0 saturated heterocycles. The van der Waals surface area contributed by atoms with E-state index in [1.54, 1.807) is 20.0 Å². The van der Waals surface area contributed by atoms with Crippen LogP contribution in [0.4, 0.5) is 5.69 Å². The topological polar surface area (TPSA) is 97.0 Å². The molecule has 0 aliphatic carbocycles. The highest BCUT2D eigenvalue weighted by Crippen LogP contribution is 2.18. The first-order valence-electron chi connectivity index (χ1n) is 9.13. The maximum Gasteiger partial charge on any atom is 0.351 e. The van der Waals surface area contributed by atoms with E-state index in [-0.39, 0.29) is 17.7 Å². The van der Waals surface area contributed by atoms with Crippen molar-refractivity contribution in [1.29, 1.82) is 5.26 Å². The van der Waals surface area contributed by atoms with Crippen LogP contribution in [-0.4, -0.2) is 22.1 Å². The van der Waals surface area contributed by atoms with Crippen LogP contribution in [0.25, 0.3) is 22.7 Å². The van der Waals surface area contributed by atoms with Crippen molar-refractivity contribution in [2.45, 2.75) is 27.3 Å². The summed E-state index contributed by atoms with van der Waals surface area (Å²) in [6, 6.07) is 11.5. The Hall–Kier alpha value is -3.44. The van der Waals surface area contributed by atoms with Gasteiger partial charge in [-0.25, -0.2) is 4.79 Å². The molecule has 2 heterocycles. The average molecular weight is 408 g/mol. The predicted molar refractivity (Wildman–Crippen MR) is 114 cm³/mol. The minimum atomic E-state index is -0.727. The monoisotopic (exact) mass is 408 g/mol. The molecule has 7 nitrogen and oxygen atoms in total. The number of nitrogens with zero attached hydrogens (tertiary/aromatic N) is 3. The molecule has 3 aromatic rings. The Bertz CT molecular complexity index is 1300. The van der Waals surface area contributed by atoms with Gasteiger partial charge >= 0.3 is 5.97 Å². The van der Waals surface area contributed by atoms with E-state index in [9.17, 15) is 14.9 Å². The largest absolute Gasteiger partial charge is 0.462 e. The number of rotatable bonds is 5. The van der Waals surface area contributed by atoms with E-state index in [1.165, 1.54) is 4.57 Å². The normalized spacial score (nSPS) is 12.6. The number of hydrogen-bond acceptors (Lipinski definition) is 7. The number of carbonyl (C=O) groups excluding carboxylic acids is 1. The van der Waals surface area contributed by atoms with Gasteiger partial charge < -0.3 is 10.1 Å². The molecular weight excluding hydrogens is 388 g/mol. The first-order chi connectivity index (χ1) is 14.0. The standard InChI is InChI=1S/C21H20N4O3S/c1-4-25-19(26)18(29-20(25)16(11-22)21(27)28-5-2)12-23-15-8-9-17-14(10-15)7-6-13(3)24-17/h6-10,12,23H,4-5H2,1-3H3/b18-12+,20-16-. The molecule has 0 amide bonds. The molecule has 0 radical (unpaired) electrons. The zero-order valence-corrected chi connectivity index (χ0v) is 17.2. The van der Waals surface area contributed by atoms with Gasteiger partial charge in [-0.1, -0.05) is 6.07 Å². The molecule has 0 spiro atoms. The molecule has 0 atom stereocenters. The average Bonchev–Trinajstić information content (AvgIpc) is 3.02. The highest BCUT2D eigenvalue weighted by molar-refractivity contribution is 7.07. The van der Waals surface area contributed by atoms with Gasteiger partial charge in [-0.15, -0.1) is 11.3 Å². The summed E-state index contributed by atoms with van der Waals surface area (Å²) >= 11 is 1.08. The van der Waals surface area contributed by atoms with Crippen LogP contribution in [0.1, 0.15) is 19.5 Å². The van der Waals surface area contributed by atoms with Crippen LogP contribution < -0.4 is 20.1 Å². The van der Waals surface area contributed by atoms with Gasteiger partial charge in [-0.05, 0) is 45.0 Å². The van der Waals surface area contributed by atoms with Crippen molar-refractivity contribution in [3.63, 3.8) is 0 Å². The van der Waals surface area contributed by atoms with E-state index >= 15 is 0 Å². The quantitative estimate of drug-likeness (QED) is 0.648. The van der Waals surface area contributed by atoms with Crippen molar-refractivity contribution >= 4 is 45.7 Å². The summed E-state index contributed by atoms with van der Waals surface area (Å²) < 4.78 is 7.03. The van der Waals surface area contributed by atoms with Crippen LogP contribution in [0.3, 0.4) is 0 Å². The molecule has 0 aliphatic rings. The number of aromatic nitrogens is 2. The lowest BCUT2D eigenvalue weighted by Gasteiger charge is -2.03. The summed E-state index contributed by atoms with van der Waals surface area (Å²) in [6.45, 7) is 5.88. The van der Waals surface area contributed by atoms with Crippen molar-refractivity contribution in [2.24, 2.45) is 0 Å². The number of nitriles is 1. The minimum Gasteiger partial charge on any atom is -0.462 e. The van der Waals surface area contributed by atoms with E-state index in [0.717, 1.165) is 33.6 Å². The summed E-state index contributed by atoms with van der Waals surface area (Å²) in [5.41, 5.74) is 2.21. The SMILES string of the molecule is CCOC(=O)/C(C#N)=c1\s/c(=C/Nc2ccc3nc(C)ccc3c2)c(=O)n1CC. The van der Waals surface area contributed by atoms with Crippen molar-refractivity contribution < 1.29 is 9.53 Å². The number of benzene rings is 1. The second-order valence-electron chi connectivity index (χ2n) is 6.18. The number of carbonyl (C=O) groups is 1. The van der Waals surface area contributed by atoms with Gasteiger partial charge in [0.25, 0.3) is 5.56 Å². The van der Waals surface area contributed by atoms with Crippen LogP contribution in [0, 0.1) is 18.3 Å². The lowest BCUT2D eigenvalue weighted by Crippen LogP contribution is -2.32. The lowest BCUT2D eigenvalue weighted by molar-refractivity contribution is -0.136. The van der Waals surface area contributed by atoms with Crippen molar-refractivity contribution in [3.05, 3.63) is 55.6 Å². The Morgan fingerprint density at radius 2 is 2.14 bits per heavy atom. The summed E-state index contributed by atoms with van der Waals surface area (Å²) in [6.07, 6.45) is 1.59.